The van der Waals surface area contributed by atoms with Crippen molar-refractivity contribution in [2.24, 2.45) is 5.73 Å². The number of amides is 1. The number of halogens is 1. The highest BCUT2D eigenvalue weighted by Crippen LogP contribution is 2.32. The predicted octanol–water partition coefficient (Wildman–Crippen LogP) is 4.43. The number of hydrogen-bond acceptors (Lipinski definition) is 5. The van der Waals surface area contributed by atoms with Crippen LogP contribution in [0.5, 0.6) is 0 Å². The molecular formula is C27H22FN5O. The molecule has 0 aliphatic carbocycles. The molecule has 1 atom stereocenters. The van der Waals surface area contributed by atoms with Crippen LogP contribution in [0.25, 0.3) is 11.3 Å². The van der Waals surface area contributed by atoms with E-state index in [1.807, 2.05) is 18.2 Å². The molecule has 2 aromatic heterocycles. The maximum absolute atomic E-state index is 13.6. The second kappa shape index (κ2) is 10.4. The van der Waals surface area contributed by atoms with Gasteiger partial charge in [0.25, 0.3) is 0 Å². The number of nitrogens with two attached hydrogens (primary N) is 1. The van der Waals surface area contributed by atoms with Crippen LogP contribution in [0.2, 0.25) is 0 Å². The standard InChI is InChI=1S/C27H22FN5O/c28-21-8-3-5-18(15-21)12-14-32-27-23(25(26(30)34)20-7-4-13-31-17-20)10-11-24(33-27)22-9-2-1-6-19(22)16-29/h1-11,13,15,17,25H,12,14H2,(H2,30,34)(H,32,33). The first-order chi connectivity index (χ1) is 16.6. The van der Waals surface area contributed by atoms with Crippen molar-refractivity contribution in [2.75, 3.05) is 11.9 Å². The first-order valence-electron chi connectivity index (χ1n) is 10.7. The number of nitrogens with one attached hydrogen (secondary N) is 1. The lowest BCUT2D eigenvalue weighted by Crippen LogP contribution is -2.24. The van der Waals surface area contributed by atoms with Gasteiger partial charge >= 0.3 is 0 Å². The van der Waals surface area contributed by atoms with Gasteiger partial charge in [-0.25, -0.2) is 9.37 Å². The summed E-state index contributed by atoms with van der Waals surface area (Å²) in [6.07, 6.45) is 3.77. The van der Waals surface area contributed by atoms with Crippen molar-refractivity contribution >= 4 is 11.7 Å². The first-order valence-corrected chi connectivity index (χ1v) is 10.7. The van der Waals surface area contributed by atoms with Gasteiger partial charge in [0, 0.05) is 30.1 Å². The summed E-state index contributed by atoms with van der Waals surface area (Å²) < 4.78 is 13.6. The van der Waals surface area contributed by atoms with Crippen LogP contribution in [0.15, 0.2) is 85.2 Å². The van der Waals surface area contributed by atoms with Crippen molar-refractivity contribution < 1.29 is 9.18 Å². The molecule has 2 aromatic carbocycles. The maximum Gasteiger partial charge on any atom is 0.229 e. The van der Waals surface area contributed by atoms with Gasteiger partial charge in [0.2, 0.25) is 5.91 Å². The van der Waals surface area contributed by atoms with E-state index in [1.54, 1.807) is 54.9 Å². The van der Waals surface area contributed by atoms with E-state index in [-0.39, 0.29) is 5.82 Å². The van der Waals surface area contributed by atoms with Crippen LogP contribution in [0, 0.1) is 17.1 Å². The van der Waals surface area contributed by atoms with E-state index >= 15 is 0 Å². The Bertz CT molecular complexity index is 1350. The summed E-state index contributed by atoms with van der Waals surface area (Å²) in [5.74, 6) is -1.13. The number of hydrogen-bond donors (Lipinski definition) is 2. The van der Waals surface area contributed by atoms with Crippen LogP contribution < -0.4 is 11.1 Å². The summed E-state index contributed by atoms with van der Waals surface area (Å²) >= 11 is 0. The van der Waals surface area contributed by atoms with Crippen molar-refractivity contribution in [1.82, 2.24) is 9.97 Å². The van der Waals surface area contributed by atoms with Crippen LogP contribution in [0.1, 0.15) is 28.2 Å². The molecule has 0 radical (unpaired) electrons. The molecule has 3 N–H and O–H groups in total. The average Bonchev–Trinajstić information content (AvgIpc) is 2.85. The number of benzene rings is 2. The molecule has 0 aliphatic rings. The molecule has 0 saturated carbocycles. The third kappa shape index (κ3) is 5.08. The zero-order valence-electron chi connectivity index (χ0n) is 18.3. The van der Waals surface area contributed by atoms with Crippen LogP contribution in [0.4, 0.5) is 10.2 Å². The number of anilines is 1. The molecule has 0 saturated heterocycles. The third-order valence-electron chi connectivity index (χ3n) is 5.46. The van der Waals surface area contributed by atoms with Crippen LogP contribution in [0.3, 0.4) is 0 Å². The van der Waals surface area contributed by atoms with Gasteiger partial charge in [0.15, 0.2) is 0 Å². The van der Waals surface area contributed by atoms with Gasteiger partial charge in [-0.05, 0) is 47.9 Å². The van der Waals surface area contributed by atoms with E-state index in [0.717, 1.165) is 5.56 Å². The average molecular weight is 452 g/mol. The number of nitrogens with zero attached hydrogens (tertiary/aromatic N) is 3. The van der Waals surface area contributed by atoms with Crippen molar-refractivity contribution in [3.05, 3.63) is 113 Å². The van der Waals surface area contributed by atoms with Gasteiger partial charge in [-0.1, -0.05) is 42.5 Å². The van der Waals surface area contributed by atoms with Crippen molar-refractivity contribution in [1.29, 1.82) is 5.26 Å². The zero-order chi connectivity index (χ0) is 23.9. The first kappa shape index (κ1) is 22.6. The molecule has 0 bridgehead atoms. The van der Waals surface area contributed by atoms with E-state index in [4.69, 9.17) is 10.7 Å². The minimum atomic E-state index is -0.766. The molecule has 0 spiro atoms. The van der Waals surface area contributed by atoms with E-state index < -0.39 is 11.8 Å². The molecule has 1 unspecified atom stereocenters. The number of carbonyl (C=O) groups is 1. The summed E-state index contributed by atoms with van der Waals surface area (Å²) in [5, 5.41) is 12.8. The van der Waals surface area contributed by atoms with Gasteiger partial charge in [-0.15, -0.1) is 0 Å². The monoisotopic (exact) mass is 451 g/mol. The maximum atomic E-state index is 13.6. The molecule has 168 valence electrons. The zero-order valence-corrected chi connectivity index (χ0v) is 18.3. The second-order valence-electron chi connectivity index (χ2n) is 7.72. The smallest absolute Gasteiger partial charge is 0.229 e. The SMILES string of the molecule is N#Cc1ccccc1-c1ccc(C(C(N)=O)c2cccnc2)c(NCCc2cccc(F)c2)n1. The van der Waals surface area contributed by atoms with Gasteiger partial charge in [0.05, 0.1) is 23.2 Å². The quantitative estimate of drug-likeness (QED) is 0.412. The van der Waals surface area contributed by atoms with Crippen molar-refractivity contribution in [3.8, 4) is 17.3 Å². The lowest BCUT2D eigenvalue weighted by atomic mass is 9.91. The number of nitriles is 1. The fourth-order valence-electron chi connectivity index (χ4n) is 3.86. The molecule has 2 heterocycles. The number of primary amides is 1. The number of rotatable bonds is 8. The molecule has 7 heteroatoms. The van der Waals surface area contributed by atoms with Gasteiger partial charge in [-0.2, -0.15) is 5.26 Å². The molecule has 0 fully saturated rings. The van der Waals surface area contributed by atoms with Gasteiger partial charge in [0.1, 0.15) is 11.6 Å². The Morgan fingerprint density at radius 2 is 1.94 bits per heavy atom. The summed E-state index contributed by atoms with van der Waals surface area (Å²) in [6, 6.07) is 22.9. The lowest BCUT2D eigenvalue weighted by molar-refractivity contribution is -0.118. The third-order valence-corrected chi connectivity index (χ3v) is 5.46. The van der Waals surface area contributed by atoms with Gasteiger partial charge < -0.3 is 11.1 Å². The Labute approximate surface area is 196 Å². The fraction of sp³-hybridized carbons (Fsp3) is 0.111. The molecule has 0 aliphatic heterocycles. The largest absolute Gasteiger partial charge is 0.369 e. The highest BCUT2D eigenvalue weighted by Gasteiger charge is 2.25. The second-order valence-corrected chi connectivity index (χ2v) is 7.72. The Morgan fingerprint density at radius 3 is 2.68 bits per heavy atom. The molecule has 1 amide bonds. The molecule has 4 rings (SSSR count). The number of pyridine rings is 2. The highest BCUT2D eigenvalue weighted by atomic mass is 19.1. The molecule has 34 heavy (non-hydrogen) atoms. The number of carbonyl (C=O) groups excluding carboxylic acids is 1. The molecule has 4 aromatic rings. The topological polar surface area (TPSA) is 105 Å². The summed E-state index contributed by atoms with van der Waals surface area (Å²) in [5.41, 5.74) is 9.63. The fourth-order valence-corrected chi connectivity index (χ4v) is 3.86. The van der Waals surface area contributed by atoms with Gasteiger partial charge in [-0.3, -0.25) is 9.78 Å². The van der Waals surface area contributed by atoms with Crippen LogP contribution in [-0.4, -0.2) is 22.4 Å². The highest BCUT2D eigenvalue weighted by molar-refractivity contribution is 5.87. The Morgan fingerprint density at radius 1 is 1.09 bits per heavy atom. The number of aromatic nitrogens is 2. The van der Waals surface area contributed by atoms with E-state index in [1.165, 1.54) is 12.1 Å². The Balaban J connectivity index is 1.74. The molecular weight excluding hydrogens is 429 g/mol. The predicted molar refractivity (Wildman–Crippen MR) is 128 cm³/mol. The minimum Gasteiger partial charge on any atom is -0.369 e. The summed E-state index contributed by atoms with van der Waals surface area (Å²) in [6.45, 7) is 0.450. The normalized spacial score (nSPS) is 11.4. The van der Waals surface area contributed by atoms with E-state index in [9.17, 15) is 14.4 Å². The van der Waals surface area contributed by atoms with E-state index in [2.05, 4.69) is 16.4 Å². The summed E-state index contributed by atoms with van der Waals surface area (Å²) in [7, 11) is 0. The Kier molecular flexibility index (Phi) is 6.89. The van der Waals surface area contributed by atoms with E-state index in [0.29, 0.717) is 46.7 Å². The molecule has 6 nitrogen and oxygen atoms in total. The van der Waals surface area contributed by atoms with Crippen LogP contribution in [-0.2, 0) is 11.2 Å². The lowest BCUT2D eigenvalue weighted by Gasteiger charge is -2.19. The van der Waals surface area contributed by atoms with Crippen molar-refractivity contribution in [2.45, 2.75) is 12.3 Å². The minimum absolute atomic E-state index is 0.295. The Hall–Kier alpha value is -4.57. The van der Waals surface area contributed by atoms with Crippen LogP contribution >= 0.6 is 0 Å². The summed E-state index contributed by atoms with van der Waals surface area (Å²) in [4.78, 5) is 21.4. The van der Waals surface area contributed by atoms with Crippen molar-refractivity contribution in [3.63, 3.8) is 0 Å².